The predicted molar refractivity (Wildman–Crippen MR) is 142 cm³/mol. The number of amidine groups is 1. The largest absolute Gasteiger partial charge is 0.497 e. The number of amides is 1. The second-order valence-electron chi connectivity index (χ2n) is 8.31. The van der Waals surface area contributed by atoms with E-state index in [1.807, 2.05) is 47.6 Å². The van der Waals surface area contributed by atoms with E-state index >= 15 is 0 Å². The van der Waals surface area contributed by atoms with Gasteiger partial charge in [-0.25, -0.2) is 9.79 Å². The quantitative estimate of drug-likeness (QED) is 0.468. The number of thioether (sulfide) groups is 1. The van der Waals surface area contributed by atoms with E-state index < -0.39 is 12.0 Å². The van der Waals surface area contributed by atoms with Crippen LogP contribution in [0.25, 0.3) is 0 Å². The van der Waals surface area contributed by atoms with Crippen LogP contribution in [0.5, 0.6) is 11.5 Å². The van der Waals surface area contributed by atoms with Crippen LogP contribution in [0.3, 0.4) is 0 Å². The minimum absolute atomic E-state index is 0.124. The summed E-state index contributed by atoms with van der Waals surface area (Å²) in [5, 5.41) is 5.58. The van der Waals surface area contributed by atoms with Gasteiger partial charge in [0.15, 0.2) is 5.17 Å². The minimum Gasteiger partial charge on any atom is -0.497 e. The molecule has 0 bridgehead atoms. The Morgan fingerprint density at radius 3 is 2.65 bits per heavy atom. The monoisotopic (exact) mass is 522 g/mol. The average Bonchev–Trinajstić information content (AvgIpc) is 3.33. The van der Waals surface area contributed by atoms with Gasteiger partial charge >= 0.3 is 5.97 Å². The molecule has 3 heterocycles. The third-order valence-corrected chi connectivity index (χ3v) is 7.02. The molecule has 0 saturated heterocycles. The Labute approximate surface area is 220 Å². The number of pyridine rings is 1. The zero-order valence-electron chi connectivity index (χ0n) is 21.3. The normalized spacial score (nSPS) is 16.5. The first kappa shape index (κ1) is 26.3. The van der Waals surface area contributed by atoms with Gasteiger partial charge in [-0.05, 0) is 36.1 Å². The summed E-state index contributed by atoms with van der Waals surface area (Å²) in [4.78, 5) is 37.0. The molecule has 2 aromatic rings. The molecule has 2 aliphatic heterocycles. The topological polar surface area (TPSA) is 102 Å². The lowest BCUT2D eigenvalue weighted by Crippen LogP contribution is -2.38. The molecule has 4 rings (SSSR count). The van der Waals surface area contributed by atoms with Crippen molar-refractivity contribution in [2.24, 2.45) is 4.99 Å². The van der Waals surface area contributed by atoms with Crippen LogP contribution in [-0.4, -0.2) is 54.8 Å². The second-order valence-corrected chi connectivity index (χ2v) is 9.14. The van der Waals surface area contributed by atoms with Crippen LogP contribution in [0, 0.1) is 0 Å². The van der Waals surface area contributed by atoms with Crippen LogP contribution in [0.1, 0.15) is 37.1 Å². The van der Waals surface area contributed by atoms with E-state index in [2.05, 4.69) is 10.3 Å². The van der Waals surface area contributed by atoms with Crippen molar-refractivity contribution in [1.82, 2.24) is 15.2 Å². The molecule has 1 N–H and O–H groups in total. The molecule has 1 unspecified atom stereocenters. The number of nitrogens with zero attached hydrogens (tertiary/aromatic N) is 3. The van der Waals surface area contributed by atoms with E-state index in [-0.39, 0.29) is 12.3 Å². The Kier molecular flexibility index (Phi) is 8.50. The van der Waals surface area contributed by atoms with E-state index in [0.717, 1.165) is 17.0 Å². The van der Waals surface area contributed by atoms with Gasteiger partial charge in [-0.15, -0.1) is 0 Å². The highest BCUT2D eigenvalue weighted by Crippen LogP contribution is 2.48. The molecular weight excluding hydrogens is 492 g/mol. The number of hydrogen-bond acceptors (Lipinski definition) is 9. The molecule has 0 saturated carbocycles. The molecule has 1 aromatic heterocycles. The number of aromatic nitrogens is 1. The maximum absolute atomic E-state index is 13.1. The first-order valence-corrected chi connectivity index (χ1v) is 12.8. The molecule has 2 aliphatic rings. The van der Waals surface area contributed by atoms with E-state index in [1.165, 1.54) is 18.9 Å². The fourth-order valence-electron chi connectivity index (χ4n) is 4.35. The number of allylic oxidation sites excluding steroid dienone is 1. The lowest BCUT2D eigenvalue weighted by Gasteiger charge is -2.37. The Bertz CT molecular complexity index is 1260. The number of hydrogen-bond donors (Lipinski definition) is 1. The third kappa shape index (κ3) is 5.64. The predicted octanol–water partition coefficient (Wildman–Crippen LogP) is 3.99. The number of esters is 1. The number of methoxy groups -OCH3 is 3. The fraction of sp³-hybridized carbons (Fsp3) is 0.333. The zero-order chi connectivity index (χ0) is 26.4. The molecule has 1 aromatic carbocycles. The number of aliphatic imine (C=N–C) groups is 1. The number of carbonyl (C=O) groups is 2. The number of ether oxygens (including phenoxy) is 3. The summed E-state index contributed by atoms with van der Waals surface area (Å²) in [5.74, 6) is 0.579. The Morgan fingerprint density at radius 2 is 1.97 bits per heavy atom. The molecule has 1 atom stereocenters. The summed E-state index contributed by atoms with van der Waals surface area (Å²) in [5.41, 5.74) is 3.45. The molecule has 0 fully saturated rings. The van der Waals surface area contributed by atoms with Crippen LogP contribution in [0.2, 0.25) is 0 Å². The third-order valence-electron chi connectivity index (χ3n) is 6.14. The van der Waals surface area contributed by atoms with Gasteiger partial charge in [0.2, 0.25) is 5.91 Å². The van der Waals surface area contributed by atoms with Crippen LogP contribution in [-0.2, 0) is 20.7 Å². The van der Waals surface area contributed by atoms with Crippen LogP contribution in [0.4, 0.5) is 0 Å². The van der Waals surface area contributed by atoms with Gasteiger partial charge in [0.25, 0.3) is 0 Å². The SMILES string of the molecule is CCC1=C(C(=O)OC)C(c2ccc(OC)cc2OC)N2C(CC(=O)NCCc3ccccn3)=CSC2=N1. The van der Waals surface area contributed by atoms with E-state index in [9.17, 15) is 9.59 Å². The van der Waals surface area contributed by atoms with Gasteiger partial charge in [-0.3, -0.25) is 9.78 Å². The highest BCUT2D eigenvalue weighted by molar-refractivity contribution is 8.16. The van der Waals surface area contributed by atoms with Crippen molar-refractivity contribution in [3.8, 4) is 11.5 Å². The van der Waals surface area contributed by atoms with E-state index in [1.54, 1.807) is 26.5 Å². The molecule has 0 spiro atoms. The molecule has 37 heavy (non-hydrogen) atoms. The summed E-state index contributed by atoms with van der Waals surface area (Å²) in [6, 6.07) is 10.6. The first-order chi connectivity index (χ1) is 18.0. The van der Waals surface area contributed by atoms with Gasteiger partial charge in [-0.2, -0.15) is 0 Å². The van der Waals surface area contributed by atoms with Crippen LogP contribution in [0.15, 0.2) is 70.0 Å². The summed E-state index contributed by atoms with van der Waals surface area (Å²) in [7, 11) is 4.51. The summed E-state index contributed by atoms with van der Waals surface area (Å²) < 4.78 is 16.3. The Balaban J connectivity index is 1.64. The highest BCUT2D eigenvalue weighted by Gasteiger charge is 2.42. The van der Waals surface area contributed by atoms with Crippen molar-refractivity contribution in [2.45, 2.75) is 32.2 Å². The van der Waals surface area contributed by atoms with Crippen LogP contribution < -0.4 is 14.8 Å². The Hall–Kier alpha value is -3.79. The average molecular weight is 523 g/mol. The van der Waals surface area contributed by atoms with Gasteiger partial charge in [0.1, 0.15) is 11.5 Å². The number of carbonyl (C=O) groups excluding carboxylic acids is 2. The maximum atomic E-state index is 13.1. The lowest BCUT2D eigenvalue weighted by atomic mass is 9.92. The molecule has 0 aliphatic carbocycles. The second kappa shape index (κ2) is 12.0. The van der Waals surface area contributed by atoms with Crippen molar-refractivity contribution in [3.05, 3.63) is 76.2 Å². The van der Waals surface area contributed by atoms with Crippen molar-refractivity contribution in [3.63, 3.8) is 0 Å². The molecule has 194 valence electrons. The molecule has 9 nitrogen and oxygen atoms in total. The number of nitrogens with one attached hydrogen (secondary N) is 1. The van der Waals surface area contributed by atoms with Crippen LogP contribution >= 0.6 is 11.8 Å². The Morgan fingerprint density at radius 1 is 1.14 bits per heavy atom. The highest BCUT2D eigenvalue weighted by atomic mass is 32.2. The molecule has 0 radical (unpaired) electrons. The summed E-state index contributed by atoms with van der Waals surface area (Å²) in [6.07, 6.45) is 3.04. The lowest BCUT2D eigenvalue weighted by molar-refractivity contribution is -0.136. The van der Waals surface area contributed by atoms with Crippen molar-refractivity contribution < 1.29 is 23.8 Å². The van der Waals surface area contributed by atoms with Gasteiger partial charge < -0.3 is 24.4 Å². The molecular formula is C27H30N4O5S. The molecule has 1 amide bonds. The zero-order valence-corrected chi connectivity index (χ0v) is 22.1. The fourth-order valence-corrected chi connectivity index (χ4v) is 5.29. The van der Waals surface area contributed by atoms with Gasteiger partial charge in [0, 0.05) is 42.2 Å². The van der Waals surface area contributed by atoms with Crippen molar-refractivity contribution >= 4 is 28.8 Å². The number of rotatable bonds is 10. The minimum atomic E-state index is -0.585. The van der Waals surface area contributed by atoms with Gasteiger partial charge in [0.05, 0.1) is 45.1 Å². The number of benzene rings is 1. The maximum Gasteiger partial charge on any atom is 0.338 e. The van der Waals surface area contributed by atoms with E-state index in [0.29, 0.717) is 47.3 Å². The first-order valence-electron chi connectivity index (χ1n) is 11.9. The number of fused-ring (bicyclic) bond motifs is 1. The van der Waals surface area contributed by atoms with E-state index in [4.69, 9.17) is 19.2 Å². The smallest absolute Gasteiger partial charge is 0.338 e. The molecule has 10 heteroatoms. The summed E-state index contributed by atoms with van der Waals surface area (Å²) >= 11 is 1.43. The van der Waals surface area contributed by atoms with Crippen molar-refractivity contribution in [1.29, 1.82) is 0 Å². The van der Waals surface area contributed by atoms with Gasteiger partial charge in [-0.1, -0.05) is 24.8 Å². The summed E-state index contributed by atoms with van der Waals surface area (Å²) in [6.45, 7) is 2.42. The standard InChI is InChI=1S/C27H30N4O5S/c1-5-21-24(26(33)36-4)25(20-10-9-19(34-2)15-22(20)35-3)31-18(16-37-27(31)30-21)14-23(32)29-13-11-17-8-6-7-12-28-17/h6-10,12,15-16,25H,5,11,13-14H2,1-4H3,(H,29,32). The van der Waals surface area contributed by atoms with Crippen molar-refractivity contribution in [2.75, 3.05) is 27.9 Å².